The average molecular weight is 242 g/mol. The fourth-order valence-corrected chi connectivity index (χ4v) is 1.35. The highest BCUT2D eigenvalue weighted by Gasteiger charge is 2.33. The Morgan fingerprint density at radius 2 is 2.00 bits per heavy atom. The summed E-state index contributed by atoms with van der Waals surface area (Å²) in [6.45, 7) is 0. The van der Waals surface area contributed by atoms with E-state index >= 15 is 0 Å². The van der Waals surface area contributed by atoms with Gasteiger partial charge in [-0.25, -0.2) is 0 Å². The third kappa shape index (κ3) is 2.72. The summed E-state index contributed by atoms with van der Waals surface area (Å²) in [6.07, 6.45) is -4.43. The molecule has 14 heavy (non-hydrogen) atoms. The summed E-state index contributed by atoms with van der Waals surface area (Å²) in [7, 11) is 0. The van der Waals surface area contributed by atoms with Crippen LogP contribution in [0.2, 0.25) is 5.02 Å². The third-order valence-electron chi connectivity index (χ3n) is 1.55. The monoisotopic (exact) mass is 241 g/mol. The second-order valence-corrected chi connectivity index (χ2v) is 3.25. The molecule has 78 valence electrons. The van der Waals surface area contributed by atoms with Crippen LogP contribution in [0, 0.1) is 0 Å². The number of rotatable bonds is 2. The molecule has 6 heteroatoms. The molecule has 0 amide bonds. The molecule has 1 N–H and O–H groups in total. The first-order valence-corrected chi connectivity index (χ1v) is 4.67. The number of thiol groups is 1. The molecule has 0 atom stereocenters. The van der Waals surface area contributed by atoms with Crippen molar-refractivity contribution in [1.82, 2.24) is 0 Å². The summed E-state index contributed by atoms with van der Waals surface area (Å²) in [5.74, 6) is 0.263. The Kier molecular flexibility index (Phi) is 3.55. The van der Waals surface area contributed by atoms with Crippen LogP contribution in [0.15, 0.2) is 18.2 Å². The number of alkyl halides is 3. The van der Waals surface area contributed by atoms with Gasteiger partial charge in [-0.1, -0.05) is 11.6 Å². The van der Waals surface area contributed by atoms with Crippen LogP contribution in [0.4, 0.5) is 18.9 Å². The Morgan fingerprint density at radius 3 is 2.50 bits per heavy atom. The van der Waals surface area contributed by atoms with Crippen LogP contribution in [0.5, 0.6) is 0 Å². The summed E-state index contributed by atoms with van der Waals surface area (Å²) in [5.41, 5.74) is -0.498. The zero-order valence-corrected chi connectivity index (χ0v) is 8.55. The van der Waals surface area contributed by atoms with Crippen LogP contribution in [0.25, 0.3) is 0 Å². The Bertz CT molecular complexity index is 327. The molecule has 1 aromatic rings. The van der Waals surface area contributed by atoms with Gasteiger partial charge in [-0.3, -0.25) is 0 Å². The summed E-state index contributed by atoms with van der Waals surface area (Å²) < 4.78 is 37.0. The first kappa shape index (κ1) is 11.5. The molecule has 0 aliphatic rings. The topological polar surface area (TPSA) is 12.0 Å². The lowest BCUT2D eigenvalue weighted by Gasteiger charge is -2.11. The number of hydrogen-bond acceptors (Lipinski definition) is 2. The number of anilines is 1. The zero-order valence-electron chi connectivity index (χ0n) is 6.90. The van der Waals surface area contributed by atoms with E-state index in [0.29, 0.717) is 5.69 Å². The molecule has 1 nitrogen and oxygen atoms in total. The van der Waals surface area contributed by atoms with Crippen molar-refractivity contribution in [3.05, 3.63) is 28.8 Å². The quantitative estimate of drug-likeness (QED) is 0.595. The van der Waals surface area contributed by atoms with Gasteiger partial charge in [0, 0.05) is 5.69 Å². The number of nitrogens with one attached hydrogen (secondary N) is 1. The van der Waals surface area contributed by atoms with Gasteiger partial charge in [0.1, 0.15) is 0 Å². The highest BCUT2D eigenvalue weighted by atomic mass is 35.5. The highest BCUT2D eigenvalue weighted by molar-refractivity contribution is 7.80. The molecule has 0 saturated carbocycles. The van der Waals surface area contributed by atoms with Gasteiger partial charge in [-0.2, -0.15) is 25.8 Å². The Labute approximate surface area is 89.7 Å². The second kappa shape index (κ2) is 4.31. The Morgan fingerprint density at radius 1 is 1.36 bits per heavy atom. The van der Waals surface area contributed by atoms with Crippen LogP contribution in [-0.4, -0.2) is 5.88 Å². The van der Waals surface area contributed by atoms with Crippen LogP contribution in [-0.2, 0) is 6.18 Å². The van der Waals surface area contributed by atoms with Gasteiger partial charge in [0.15, 0.2) is 0 Å². The third-order valence-corrected chi connectivity index (χ3v) is 2.04. The molecule has 0 aliphatic carbocycles. The van der Waals surface area contributed by atoms with E-state index in [9.17, 15) is 13.2 Å². The van der Waals surface area contributed by atoms with E-state index in [1.54, 1.807) is 0 Å². The minimum absolute atomic E-state index is 0.263. The van der Waals surface area contributed by atoms with Gasteiger partial charge in [-0.05, 0) is 18.2 Å². The maximum absolute atomic E-state index is 12.3. The van der Waals surface area contributed by atoms with Gasteiger partial charge in [0.05, 0.1) is 16.5 Å². The lowest BCUT2D eigenvalue weighted by Crippen LogP contribution is -2.07. The first-order valence-electron chi connectivity index (χ1n) is 3.66. The summed E-state index contributed by atoms with van der Waals surface area (Å²) in [6, 6.07) is 3.63. The van der Waals surface area contributed by atoms with Crippen LogP contribution >= 0.6 is 24.2 Å². The lowest BCUT2D eigenvalue weighted by molar-refractivity contribution is -0.137. The standard InChI is InChI=1S/C8H7ClF3NS/c9-7-2-1-5(13-4-14)3-6(7)8(10,11)12/h1-3,13-14H,4H2. The van der Waals surface area contributed by atoms with Crippen molar-refractivity contribution < 1.29 is 13.2 Å². The van der Waals surface area contributed by atoms with E-state index < -0.39 is 11.7 Å². The molecule has 0 spiro atoms. The Balaban J connectivity index is 3.09. The van der Waals surface area contributed by atoms with Crippen molar-refractivity contribution in [1.29, 1.82) is 0 Å². The smallest absolute Gasteiger partial charge is 0.376 e. The van der Waals surface area contributed by atoms with E-state index in [0.717, 1.165) is 6.07 Å². The fraction of sp³-hybridized carbons (Fsp3) is 0.250. The molecule has 1 rings (SSSR count). The lowest BCUT2D eigenvalue weighted by atomic mass is 10.2. The molecule has 0 bridgehead atoms. The minimum Gasteiger partial charge on any atom is -0.376 e. The van der Waals surface area contributed by atoms with Crippen molar-refractivity contribution in [2.45, 2.75) is 6.18 Å². The van der Waals surface area contributed by atoms with Crippen molar-refractivity contribution in [2.24, 2.45) is 0 Å². The number of hydrogen-bond donors (Lipinski definition) is 2. The van der Waals surface area contributed by atoms with Gasteiger partial charge in [0.2, 0.25) is 0 Å². The Hall–Kier alpha value is -0.550. The SMILES string of the molecule is FC(F)(F)c1cc(NCS)ccc1Cl. The molecular formula is C8H7ClF3NS. The maximum atomic E-state index is 12.3. The van der Waals surface area contributed by atoms with Gasteiger partial charge < -0.3 is 5.32 Å². The molecule has 0 aliphatic heterocycles. The average Bonchev–Trinajstić information content (AvgIpc) is 2.07. The summed E-state index contributed by atoms with van der Waals surface area (Å²) in [4.78, 5) is 0. The predicted octanol–water partition coefficient (Wildman–Crippen LogP) is 3.66. The van der Waals surface area contributed by atoms with E-state index in [1.807, 2.05) is 0 Å². The fourth-order valence-electron chi connectivity index (χ4n) is 0.944. The maximum Gasteiger partial charge on any atom is 0.417 e. The molecule has 0 unspecified atom stereocenters. The van der Waals surface area contributed by atoms with Gasteiger partial charge in [0.25, 0.3) is 0 Å². The largest absolute Gasteiger partial charge is 0.417 e. The molecule has 0 saturated heterocycles. The molecule has 0 fully saturated rings. The van der Waals surface area contributed by atoms with E-state index in [2.05, 4.69) is 17.9 Å². The van der Waals surface area contributed by atoms with Gasteiger partial charge in [-0.15, -0.1) is 0 Å². The van der Waals surface area contributed by atoms with E-state index in [-0.39, 0.29) is 10.9 Å². The van der Waals surface area contributed by atoms with Crippen molar-refractivity contribution in [2.75, 3.05) is 11.2 Å². The van der Waals surface area contributed by atoms with Crippen LogP contribution < -0.4 is 5.32 Å². The minimum atomic E-state index is -4.43. The number of benzene rings is 1. The van der Waals surface area contributed by atoms with E-state index in [4.69, 9.17) is 11.6 Å². The van der Waals surface area contributed by atoms with Gasteiger partial charge >= 0.3 is 6.18 Å². The number of halogens is 4. The summed E-state index contributed by atoms with van der Waals surface area (Å²) in [5, 5.41) is 2.35. The zero-order chi connectivity index (χ0) is 10.8. The van der Waals surface area contributed by atoms with Crippen LogP contribution in [0.3, 0.4) is 0 Å². The molecule has 1 aromatic carbocycles. The first-order chi connectivity index (χ1) is 6.45. The van der Waals surface area contributed by atoms with Crippen molar-refractivity contribution in [3.63, 3.8) is 0 Å². The molecule has 0 aromatic heterocycles. The summed E-state index contributed by atoms with van der Waals surface area (Å²) >= 11 is 9.25. The normalized spacial score (nSPS) is 11.5. The molecule has 0 heterocycles. The molecule has 0 radical (unpaired) electrons. The van der Waals surface area contributed by atoms with Crippen molar-refractivity contribution in [3.8, 4) is 0 Å². The predicted molar refractivity (Wildman–Crippen MR) is 53.9 cm³/mol. The molecular weight excluding hydrogens is 235 g/mol. The highest BCUT2D eigenvalue weighted by Crippen LogP contribution is 2.36. The van der Waals surface area contributed by atoms with E-state index in [1.165, 1.54) is 12.1 Å². The van der Waals surface area contributed by atoms with Crippen molar-refractivity contribution >= 4 is 29.9 Å². The second-order valence-electron chi connectivity index (χ2n) is 2.53. The van der Waals surface area contributed by atoms with Crippen LogP contribution in [0.1, 0.15) is 5.56 Å².